The number of nitrogens with zero attached hydrogens (tertiary/aromatic N) is 2. The summed E-state index contributed by atoms with van der Waals surface area (Å²) in [5.41, 5.74) is 9.12. The van der Waals surface area contributed by atoms with Crippen LogP contribution in [0.3, 0.4) is 0 Å². The molecule has 0 radical (unpaired) electrons. The second kappa shape index (κ2) is 16.2. The lowest BCUT2D eigenvalue weighted by atomic mass is 9.99. The summed E-state index contributed by atoms with van der Waals surface area (Å²) in [4.78, 5) is 0. The van der Waals surface area contributed by atoms with Crippen molar-refractivity contribution >= 4 is 46.5 Å². The van der Waals surface area contributed by atoms with E-state index in [0.717, 1.165) is 36.9 Å². The van der Waals surface area contributed by atoms with Crippen molar-refractivity contribution in [2.75, 3.05) is 20.1 Å². The van der Waals surface area contributed by atoms with Crippen LogP contribution in [0.25, 0.3) is 0 Å². The second-order valence-electron chi connectivity index (χ2n) is 5.82. The fraction of sp³-hybridized carbons (Fsp3) is 0.765. The van der Waals surface area contributed by atoms with Gasteiger partial charge in [0.25, 0.3) is 0 Å². The normalized spacial score (nSPS) is 15.0. The Morgan fingerprint density at radius 2 is 1.84 bits per heavy atom. The molecule has 0 saturated heterocycles. The first-order chi connectivity index (χ1) is 12.1. The maximum absolute atomic E-state index is 5.09. The lowest BCUT2D eigenvalue weighted by molar-refractivity contribution is 0.515. The molecule has 1 saturated carbocycles. The minimum atomic E-state index is 0.548. The van der Waals surface area contributed by atoms with Crippen LogP contribution in [0.1, 0.15) is 59.3 Å². The summed E-state index contributed by atoms with van der Waals surface area (Å²) in [6.45, 7) is 7.69. The number of hydrazone groups is 2. The third-order valence-electron chi connectivity index (χ3n) is 3.88. The van der Waals surface area contributed by atoms with Gasteiger partial charge in [-0.25, -0.2) is 0 Å². The number of thiocarbonyl (C=S) groups is 2. The molecule has 0 aromatic rings. The van der Waals surface area contributed by atoms with Crippen LogP contribution < -0.4 is 21.5 Å². The van der Waals surface area contributed by atoms with E-state index in [4.69, 9.17) is 12.2 Å². The average molecular weight is 387 g/mol. The van der Waals surface area contributed by atoms with Crippen LogP contribution in [-0.4, -0.2) is 42.2 Å². The van der Waals surface area contributed by atoms with Crippen LogP contribution in [0.4, 0.5) is 0 Å². The van der Waals surface area contributed by atoms with Crippen molar-refractivity contribution in [3.05, 3.63) is 0 Å². The fourth-order valence-electron chi connectivity index (χ4n) is 2.58. The molecular weight excluding hydrogens is 352 g/mol. The predicted molar refractivity (Wildman–Crippen MR) is 118 cm³/mol. The Morgan fingerprint density at radius 1 is 1.16 bits per heavy atom. The molecule has 0 aromatic carbocycles. The molecule has 1 aliphatic carbocycles. The summed E-state index contributed by atoms with van der Waals surface area (Å²) >= 11 is 9.51. The quantitative estimate of drug-likeness (QED) is 0.277. The van der Waals surface area contributed by atoms with Crippen molar-refractivity contribution in [3.8, 4) is 0 Å². The monoisotopic (exact) mass is 386 g/mol. The van der Waals surface area contributed by atoms with E-state index in [2.05, 4.69) is 43.9 Å². The molecule has 1 rings (SSSR count). The van der Waals surface area contributed by atoms with Crippen LogP contribution in [0.15, 0.2) is 10.2 Å². The number of hydrogen-bond donors (Lipinski definition) is 4. The standard InChI is InChI=1S/C14H27N5S.C3H7NS/c1-4-16-14(20)19-17-11(2)13(18-15-3)10-9-12-7-5-6-8-12;1-2-4-3-5/h12,15H,4-10H2,1-3H3,(H2,16,19,20);3H,2H2,1H3,(H,4,5)/b17-11+,18-13+;. The van der Waals surface area contributed by atoms with E-state index in [-0.39, 0.29) is 0 Å². The van der Waals surface area contributed by atoms with E-state index in [1.54, 1.807) is 0 Å². The Bertz CT molecular complexity index is 431. The smallest absolute Gasteiger partial charge is 0.186 e. The average Bonchev–Trinajstić information content (AvgIpc) is 3.11. The maximum Gasteiger partial charge on any atom is 0.186 e. The fourth-order valence-corrected chi connectivity index (χ4v) is 2.93. The summed E-state index contributed by atoms with van der Waals surface area (Å²) in [7, 11) is 1.82. The van der Waals surface area contributed by atoms with Gasteiger partial charge in [0.2, 0.25) is 0 Å². The Balaban J connectivity index is 0.00000101. The van der Waals surface area contributed by atoms with E-state index in [1.807, 2.05) is 27.8 Å². The maximum atomic E-state index is 5.09. The Kier molecular flexibility index (Phi) is 15.4. The summed E-state index contributed by atoms with van der Waals surface area (Å²) in [5, 5.41) is 15.0. The Morgan fingerprint density at radius 3 is 2.32 bits per heavy atom. The molecule has 0 spiro atoms. The zero-order valence-corrected chi connectivity index (χ0v) is 17.7. The molecule has 8 heteroatoms. The van der Waals surface area contributed by atoms with Crippen molar-refractivity contribution in [2.45, 2.75) is 59.3 Å². The van der Waals surface area contributed by atoms with Gasteiger partial charge < -0.3 is 16.1 Å². The molecule has 25 heavy (non-hydrogen) atoms. The first-order valence-corrected chi connectivity index (χ1v) is 9.95. The number of nitrogens with one attached hydrogen (secondary N) is 4. The molecule has 0 atom stereocenters. The highest BCUT2D eigenvalue weighted by Gasteiger charge is 2.16. The van der Waals surface area contributed by atoms with Crippen molar-refractivity contribution < 1.29 is 0 Å². The van der Waals surface area contributed by atoms with Crippen molar-refractivity contribution in [1.82, 2.24) is 21.5 Å². The molecule has 0 unspecified atom stereocenters. The number of hydrogen-bond acceptors (Lipinski definition) is 5. The van der Waals surface area contributed by atoms with E-state index >= 15 is 0 Å². The largest absolute Gasteiger partial charge is 0.382 e. The Labute approximate surface area is 163 Å². The van der Waals surface area contributed by atoms with Crippen molar-refractivity contribution in [2.24, 2.45) is 16.1 Å². The second-order valence-corrected chi connectivity index (χ2v) is 6.46. The molecule has 1 aliphatic rings. The molecule has 0 heterocycles. The summed E-state index contributed by atoms with van der Waals surface area (Å²) < 4.78 is 0. The third-order valence-corrected chi connectivity index (χ3v) is 4.28. The molecule has 0 amide bonds. The highest BCUT2D eigenvalue weighted by atomic mass is 32.1. The van der Waals surface area contributed by atoms with E-state index in [9.17, 15) is 0 Å². The minimum absolute atomic E-state index is 0.548. The van der Waals surface area contributed by atoms with Crippen LogP contribution in [0.2, 0.25) is 0 Å². The van der Waals surface area contributed by atoms with Crippen LogP contribution in [0.5, 0.6) is 0 Å². The van der Waals surface area contributed by atoms with Gasteiger partial charge in [-0.3, -0.25) is 5.43 Å². The molecule has 0 aromatic heterocycles. The van der Waals surface area contributed by atoms with Crippen LogP contribution in [0, 0.1) is 5.92 Å². The van der Waals surface area contributed by atoms with Crippen LogP contribution in [-0.2, 0) is 0 Å². The summed E-state index contributed by atoms with van der Waals surface area (Å²) in [5.74, 6) is 0.862. The molecule has 144 valence electrons. The molecule has 0 aliphatic heterocycles. The van der Waals surface area contributed by atoms with Gasteiger partial charge in [-0.1, -0.05) is 37.9 Å². The van der Waals surface area contributed by atoms with Gasteiger partial charge in [0.05, 0.1) is 16.9 Å². The summed E-state index contributed by atoms with van der Waals surface area (Å²) in [6.07, 6.45) is 7.67. The zero-order valence-electron chi connectivity index (χ0n) is 16.0. The van der Waals surface area contributed by atoms with E-state index in [1.165, 1.54) is 37.6 Å². The first-order valence-electron chi connectivity index (χ1n) is 9.07. The SMILES string of the molecule is CCNC(=S)N/N=C(C)/C(CCC1CCCC1)=N/NC.CCNC=S. The third kappa shape index (κ3) is 12.7. The highest BCUT2D eigenvalue weighted by Crippen LogP contribution is 2.28. The molecule has 4 N–H and O–H groups in total. The van der Waals surface area contributed by atoms with Gasteiger partial charge in [-0.2, -0.15) is 10.2 Å². The van der Waals surface area contributed by atoms with Gasteiger partial charge in [0, 0.05) is 20.1 Å². The number of rotatable bonds is 9. The van der Waals surface area contributed by atoms with E-state index < -0.39 is 0 Å². The molecular formula is C17H34N6S2. The van der Waals surface area contributed by atoms with Gasteiger partial charge in [0.1, 0.15) is 0 Å². The molecule has 0 bridgehead atoms. The Hall–Kier alpha value is -1.28. The highest BCUT2D eigenvalue weighted by molar-refractivity contribution is 7.80. The van der Waals surface area contributed by atoms with Crippen molar-refractivity contribution in [1.29, 1.82) is 0 Å². The topological polar surface area (TPSA) is 72.8 Å². The van der Waals surface area contributed by atoms with Gasteiger partial charge in [-0.05, 0) is 51.7 Å². The van der Waals surface area contributed by atoms with Gasteiger partial charge in [-0.15, -0.1) is 0 Å². The molecule has 6 nitrogen and oxygen atoms in total. The lowest BCUT2D eigenvalue weighted by Crippen LogP contribution is -2.33. The van der Waals surface area contributed by atoms with Crippen molar-refractivity contribution in [3.63, 3.8) is 0 Å². The van der Waals surface area contributed by atoms with Gasteiger partial charge >= 0.3 is 0 Å². The summed E-state index contributed by atoms with van der Waals surface area (Å²) in [6, 6.07) is 0. The molecule has 1 fully saturated rings. The predicted octanol–water partition coefficient (Wildman–Crippen LogP) is 2.95. The van der Waals surface area contributed by atoms with Crippen LogP contribution >= 0.6 is 24.4 Å². The van der Waals surface area contributed by atoms with Gasteiger partial charge in [0.15, 0.2) is 5.11 Å². The van der Waals surface area contributed by atoms with E-state index in [0.29, 0.717) is 5.11 Å². The minimum Gasteiger partial charge on any atom is -0.382 e. The first kappa shape index (κ1) is 23.7. The zero-order chi connectivity index (χ0) is 18.9. The lowest BCUT2D eigenvalue weighted by Gasteiger charge is -2.11.